The van der Waals surface area contributed by atoms with Gasteiger partial charge in [0.1, 0.15) is 6.04 Å². The van der Waals surface area contributed by atoms with Gasteiger partial charge in [0.05, 0.1) is 5.69 Å². The van der Waals surface area contributed by atoms with Crippen LogP contribution in [-0.2, 0) is 4.79 Å². The van der Waals surface area contributed by atoms with Crippen molar-refractivity contribution in [2.45, 2.75) is 31.3 Å². The quantitative estimate of drug-likeness (QED) is 0.731. The SMILES string of the molecule is O=C(NC1CC1)c1ccc(-c2csc(NC(=O)C3CCN3C(=O)O)n2)cc1. The molecule has 2 heterocycles. The Hall–Kier alpha value is -2.94. The van der Waals surface area contributed by atoms with Crippen molar-refractivity contribution < 1.29 is 19.5 Å². The molecule has 1 atom stereocenters. The Kier molecular flexibility index (Phi) is 4.53. The molecule has 8 nitrogen and oxygen atoms in total. The first-order valence-electron chi connectivity index (χ1n) is 8.68. The number of nitrogens with zero attached hydrogens (tertiary/aromatic N) is 2. The average molecular weight is 386 g/mol. The number of likely N-dealkylation sites (tertiary alicyclic amines) is 1. The van der Waals surface area contributed by atoms with Crippen molar-refractivity contribution in [3.8, 4) is 11.3 Å². The van der Waals surface area contributed by atoms with Crippen LogP contribution in [0.2, 0.25) is 0 Å². The largest absolute Gasteiger partial charge is 0.465 e. The molecular weight excluding hydrogens is 368 g/mol. The Labute approximate surface area is 159 Å². The molecule has 1 aliphatic carbocycles. The first-order chi connectivity index (χ1) is 13.0. The smallest absolute Gasteiger partial charge is 0.407 e. The van der Waals surface area contributed by atoms with Crippen LogP contribution in [0.3, 0.4) is 0 Å². The Morgan fingerprint density at radius 1 is 1.15 bits per heavy atom. The summed E-state index contributed by atoms with van der Waals surface area (Å²) in [4.78, 5) is 40.7. The van der Waals surface area contributed by atoms with E-state index >= 15 is 0 Å². The number of anilines is 1. The van der Waals surface area contributed by atoms with Gasteiger partial charge in [-0.05, 0) is 31.4 Å². The maximum Gasteiger partial charge on any atom is 0.407 e. The zero-order chi connectivity index (χ0) is 19.0. The lowest BCUT2D eigenvalue weighted by atomic mass is 10.0. The maximum absolute atomic E-state index is 12.2. The molecule has 0 bridgehead atoms. The second-order valence-corrected chi connectivity index (χ2v) is 7.49. The van der Waals surface area contributed by atoms with Crippen LogP contribution < -0.4 is 10.6 Å². The highest BCUT2D eigenvalue weighted by Gasteiger charge is 2.37. The molecule has 3 N–H and O–H groups in total. The third kappa shape index (κ3) is 3.77. The number of carbonyl (C=O) groups is 3. The number of rotatable bonds is 5. The van der Waals surface area contributed by atoms with Gasteiger partial charge in [-0.1, -0.05) is 12.1 Å². The lowest BCUT2D eigenvalue weighted by Gasteiger charge is -2.36. The van der Waals surface area contributed by atoms with E-state index in [1.165, 1.54) is 11.3 Å². The molecule has 1 saturated heterocycles. The summed E-state index contributed by atoms with van der Waals surface area (Å²) in [6.07, 6.45) is 1.51. The van der Waals surface area contributed by atoms with Gasteiger partial charge in [-0.15, -0.1) is 11.3 Å². The van der Waals surface area contributed by atoms with E-state index in [9.17, 15) is 14.4 Å². The van der Waals surface area contributed by atoms with Crippen molar-refractivity contribution in [1.82, 2.24) is 15.2 Å². The fraction of sp³-hybridized carbons (Fsp3) is 0.333. The van der Waals surface area contributed by atoms with Gasteiger partial charge in [0.2, 0.25) is 5.91 Å². The Morgan fingerprint density at radius 2 is 1.89 bits per heavy atom. The molecule has 2 fully saturated rings. The zero-order valence-electron chi connectivity index (χ0n) is 14.3. The van der Waals surface area contributed by atoms with Crippen LogP contribution >= 0.6 is 11.3 Å². The van der Waals surface area contributed by atoms with Crippen LogP contribution in [0.5, 0.6) is 0 Å². The van der Waals surface area contributed by atoms with Crippen LogP contribution in [0.4, 0.5) is 9.93 Å². The molecule has 0 spiro atoms. The third-order valence-electron chi connectivity index (χ3n) is 4.66. The fourth-order valence-corrected chi connectivity index (χ4v) is 3.55. The standard InChI is InChI=1S/C18H18N4O4S/c23-15(19-12-5-6-12)11-3-1-10(2-4-11)13-9-27-17(20-13)21-16(24)14-7-8-22(14)18(25)26/h1-4,9,12,14H,5-8H2,(H,19,23)(H,25,26)(H,20,21,24). The summed E-state index contributed by atoms with van der Waals surface area (Å²) in [6.45, 7) is 0.372. The van der Waals surface area contributed by atoms with Gasteiger partial charge in [-0.25, -0.2) is 9.78 Å². The van der Waals surface area contributed by atoms with Crippen LogP contribution in [0.15, 0.2) is 29.6 Å². The minimum Gasteiger partial charge on any atom is -0.465 e. The summed E-state index contributed by atoms with van der Waals surface area (Å²) < 4.78 is 0. The van der Waals surface area contributed by atoms with Crippen molar-refractivity contribution in [3.05, 3.63) is 35.2 Å². The second-order valence-electron chi connectivity index (χ2n) is 6.63. The van der Waals surface area contributed by atoms with Crippen molar-refractivity contribution in [2.75, 3.05) is 11.9 Å². The molecule has 27 heavy (non-hydrogen) atoms. The normalized spacial score (nSPS) is 18.5. The van der Waals surface area contributed by atoms with Crippen LogP contribution in [-0.4, -0.2) is 51.5 Å². The number of hydrogen-bond acceptors (Lipinski definition) is 5. The first kappa shape index (κ1) is 17.5. The summed E-state index contributed by atoms with van der Waals surface area (Å²) in [5, 5.41) is 16.8. The topological polar surface area (TPSA) is 112 Å². The highest BCUT2D eigenvalue weighted by molar-refractivity contribution is 7.14. The summed E-state index contributed by atoms with van der Waals surface area (Å²) in [7, 11) is 0. The molecule has 0 radical (unpaired) electrons. The van der Waals surface area contributed by atoms with Crippen molar-refractivity contribution >= 4 is 34.4 Å². The Balaban J connectivity index is 1.39. The Morgan fingerprint density at radius 3 is 2.48 bits per heavy atom. The van der Waals surface area contributed by atoms with Crippen LogP contribution in [0, 0.1) is 0 Å². The van der Waals surface area contributed by atoms with Gasteiger partial charge in [0.25, 0.3) is 5.91 Å². The fourth-order valence-electron chi connectivity index (χ4n) is 2.83. The van der Waals surface area contributed by atoms with Crippen molar-refractivity contribution in [2.24, 2.45) is 0 Å². The highest BCUT2D eigenvalue weighted by atomic mass is 32.1. The van der Waals surface area contributed by atoms with E-state index in [1.54, 1.807) is 12.1 Å². The van der Waals surface area contributed by atoms with Gasteiger partial charge < -0.3 is 15.7 Å². The van der Waals surface area contributed by atoms with Crippen molar-refractivity contribution in [1.29, 1.82) is 0 Å². The summed E-state index contributed by atoms with van der Waals surface area (Å²) in [6, 6.07) is 6.81. The number of nitrogens with one attached hydrogen (secondary N) is 2. The van der Waals surface area contributed by atoms with Gasteiger partial charge in [0, 0.05) is 29.1 Å². The van der Waals surface area contributed by atoms with Gasteiger partial charge in [0.15, 0.2) is 5.13 Å². The molecule has 1 saturated carbocycles. The maximum atomic E-state index is 12.2. The number of carbonyl (C=O) groups excluding carboxylic acids is 2. The summed E-state index contributed by atoms with van der Waals surface area (Å²) in [5.74, 6) is -0.435. The van der Waals surface area contributed by atoms with E-state index in [1.807, 2.05) is 17.5 Å². The molecule has 1 aliphatic heterocycles. The number of aromatic nitrogens is 1. The Bertz CT molecular complexity index is 891. The van der Waals surface area contributed by atoms with E-state index in [-0.39, 0.29) is 11.8 Å². The number of thiazole rings is 1. The predicted octanol–water partition coefficient (Wildman–Crippen LogP) is 2.39. The number of carboxylic acid groups (broad SMARTS) is 1. The number of amides is 3. The number of hydrogen-bond donors (Lipinski definition) is 3. The van der Waals surface area contributed by atoms with Gasteiger partial charge in [-0.2, -0.15) is 0 Å². The summed E-state index contributed by atoms with van der Waals surface area (Å²) >= 11 is 1.27. The minimum atomic E-state index is -1.09. The zero-order valence-corrected chi connectivity index (χ0v) is 15.2. The van der Waals surface area contributed by atoms with E-state index in [0.29, 0.717) is 35.4 Å². The highest BCUT2D eigenvalue weighted by Crippen LogP contribution is 2.27. The van der Waals surface area contributed by atoms with Crippen molar-refractivity contribution in [3.63, 3.8) is 0 Å². The molecule has 1 aromatic heterocycles. The average Bonchev–Trinajstić information content (AvgIpc) is 3.29. The molecule has 1 unspecified atom stereocenters. The predicted molar refractivity (Wildman–Crippen MR) is 99.8 cm³/mol. The molecule has 4 rings (SSSR count). The third-order valence-corrected chi connectivity index (χ3v) is 5.42. The van der Waals surface area contributed by atoms with Gasteiger partial charge >= 0.3 is 6.09 Å². The van der Waals surface area contributed by atoms with E-state index in [2.05, 4.69) is 15.6 Å². The molecule has 140 valence electrons. The molecular formula is C18H18N4O4S. The minimum absolute atomic E-state index is 0.0706. The second kappa shape index (κ2) is 6.99. The van der Waals surface area contributed by atoms with Crippen LogP contribution in [0.25, 0.3) is 11.3 Å². The van der Waals surface area contributed by atoms with E-state index < -0.39 is 12.1 Å². The molecule has 3 amide bonds. The summed E-state index contributed by atoms with van der Waals surface area (Å²) in [5.41, 5.74) is 2.13. The van der Waals surface area contributed by atoms with Crippen LogP contribution in [0.1, 0.15) is 29.6 Å². The number of benzene rings is 1. The molecule has 2 aliphatic rings. The van der Waals surface area contributed by atoms with E-state index in [0.717, 1.165) is 23.3 Å². The van der Waals surface area contributed by atoms with Gasteiger partial charge in [-0.3, -0.25) is 14.5 Å². The first-order valence-corrected chi connectivity index (χ1v) is 9.56. The molecule has 9 heteroatoms. The molecule has 1 aromatic carbocycles. The molecule has 2 aromatic rings. The lowest BCUT2D eigenvalue weighted by molar-refractivity contribution is -0.124. The lowest BCUT2D eigenvalue weighted by Crippen LogP contribution is -2.56. The van der Waals surface area contributed by atoms with E-state index in [4.69, 9.17) is 5.11 Å². The monoisotopic (exact) mass is 386 g/mol.